The third-order valence-corrected chi connectivity index (χ3v) is 5.55. The number of alkyl halides is 6. The molecule has 1 N–H and O–H groups in total. The molecule has 0 amide bonds. The Labute approximate surface area is 183 Å². The first-order valence-electron chi connectivity index (χ1n) is 10.1. The van der Waals surface area contributed by atoms with Gasteiger partial charge < -0.3 is 14.5 Å². The Balaban J connectivity index is 1.36. The van der Waals surface area contributed by atoms with E-state index in [0.29, 0.717) is 25.7 Å². The lowest BCUT2D eigenvalue weighted by molar-refractivity contribution is -0.138. The van der Waals surface area contributed by atoms with E-state index in [4.69, 9.17) is 9.15 Å². The molecular formula is C22H18F6N2O3. The van der Waals surface area contributed by atoms with Crippen molar-refractivity contribution in [1.29, 1.82) is 0 Å². The molecule has 5 nitrogen and oxygen atoms in total. The SMILES string of the molecule is O=Nc1ccc(NC2CCC(Oc3cc4cc(C(F)(F)F)ccc4o3)CC2)cc1C(F)(F)F. The molecule has 3 aromatic rings. The molecule has 0 atom stereocenters. The number of nitroso groups, excluding NO2 is 1. The Morgan fingerprint density at radius 3 is 2.27 bits per heavy atom. The van der Waals surface area contributed by atoms with E-state index in [1.807, 2.05) is 0 Å². The minimum absolute atomic E-state index is 0.106. The fourth-order valence-electron chi connectivity index (χ4n) is 3.91. The van der Waals surface area contributed by atoms with Crippen molar-refractivity contribution >= 4 is 22.3 Å². The van der Waals surface area contributed by atoms with E-state index in [9.17, 15) is 31.2 Å². The average Bonchev–Trinajstić information content (AvgIpc) is 3.15. The van der Waals surface area contributed by atoms with Gasteiger partial charge in [-0.2, -0.15) is 26.3 Å². The predicted molar refractivity (Wildman–Crippen MR) is 108 cm³/mol. The van der Waals surface area contributed by atoms with Crippen LogP contribution in [0.1, 0.15) is 36.8 Å². The summed E-state index contributed by atoms with van der Waals surface area (Å²) >= 11 is 0. The van der Waals surface area contributed by atoms with E-state index in [-0.39, 0.29) is 34.7 Å². The molecule has 1 aromatic heterocycles. The van der Waals surface area contributed by atoms with Gasteiger partial charge in [0.1, 0.15) is 17.4 Å². The molecule has 4 rings (SSSR count). The highest BCUT2D eigenvalue weighted by molar-refractivity contribution is 5.79. The van der Waals surface area contributed by atoms with Crippen LogP contribution < -0.4 is 10.1 Å². The summed E-state index contributed by atoms with van der Waals surface area (Å²) in [6, 6.07) is 7.75. The second-order valence-corrected chi connectivity index (χ2v) is 7.87. The van der Waals surface area contributed by atoms with Crippen LogP contribution in [0.4, 0.5) is 37.7 Å². The fraction of sp³-hybridized carbons (Fsp3) is 0.364. The Morgan fingerprint density at radius 2 is 1.64 bits per heavy atom. The normalized spacial score (nSPS) is 19.5. The zero-order chi connectivity index (χ0) is 23.8. The quantitative estimate of drug-likeness (QED) is 0.306. The van der Waals surface area contributed by atoms with Crippen LogP contribution in [0.2, 0.25) is 0 Å². The van der Waals surface area contributed by atoms with Crippen molar-refractivity contribution in [2.24, 2.45) is 5.18 Å². The van der Waals surface area contributed by atoms with Crippen LogP contribution in [0, 0.1) is 4.91 Å². The van der Waals surface area contributed by atoms with Crippen molar-refractivity contribution in [1.82, 2.24) is 0 Å². The number of nitrogens with one attached hydrogen (secondary N) is 1. The summed E-state index contributed by atoms with van der Waals surface area (Å²) in [4.78, 5) is 10.6. The van der Waals surface area contributed by atoms with Crippen molar-refractivity contribution in [3.05, 3.63) is 58.5 Å². The van der Waals surface area contributed by atoms with Crippen molar-refractivity contribution < 1.29 is 35.5 Å². The van der Waals surface area contributed by atoms with Gasteiger partial charge in [0.15, 0.2) is 0 Å². The monoisotopic (exact) mass is 472 g/mol. The van der Waals surface area contributed by atoms with Gasteiger partial charge >= 0.3 is 12.4 Å². The van der Waals surface area contributed by atoms with Crippen LogP contribution in [0.5, 0.6) is 5.95 Å². The lowest BCUT2D eigenvalue weighted by Gasteiger charge is -2.29. The molecule has 11 heteroatoms. The molecule has 0 radical (unpaired) electrons. The number of ether oxygens (including phenoxy) is 1. The molecule has 1 aliphatic rings. The fourth-order valence-corrected chi connectivity index (χ4v) is 3.91. The van der Waals surface area contributed by atoms with E-state index in [1.165, 1.54) is 18.2 Å². The zero-order valence-corrected chi connectivity index (χ0v) is 17.0. The molecule has 0 bridgehead atoms. The highest BCUT2D eigenvalue weighted by Crippen LogP contribution is 2.39. The Kier molecular flexibility index (Phi) is 5.98. The third kappa shape index (κ3) is 5.23. The molecule has 1 aliphatic carbocycles. The van der Waals surface area contributed by atoms with Crippen molar-refractivity contribution in [2.45, 2.75) is 50.2 Å². The predicted octanol–water partition coefficient (Wildman–Crippen LogP) is 7.67. The van der Waals surface area contributed by atoms with Crippen molar-refractivity contribution in [3.63, 3.8) is 0 Å². The van der Waals surface area contributed by atoms with Crippen molar-refractivity contribution in [3.8, 4) is 5.95 Å². The van der Waals surface area contributed by atoms with Gasteiger partial charge in [0.25, 0.3) is 5.95 Å². The van der Waals surface area contributed by atoms with Gasteiger partial charge in [-0.3, -0.25) is 0 Å². The lowest BCUT2D eigenvalue weighted by atomic mass is 9.92. The van der Waals surface area contributed by atoms with Gasteiger partial charge in [0, 0.05) is 23.2 Å². The number of furan rings is 1. The van der Waals surface area contributed by atoms with E-state index >= 15 is 0 Å². The van der Waals surface area contributed by atoms with Gasteiger partial charge in [0.05, 0.1) is 11.1 Å². The second kappa shape index (κ2) is 8.60. The van der Waals surface area contributed by atoms with Crippen LogP contribution in [0.3, 0.4) is 0 Å². The summed E-state index contributed by atoms with van der Waals surface area (Å²) in [5.74, 6) is 0.118. The number of nitrogens with zero attached hydrogens (tertiary/aromatic N) is 1. The molecule has 0 spiro atoms. The maximum Gasteiger partial charge on any atom is 0.418 e. The number of hydrogen-bond acceptors (Lipinski definition) is 5. The highest BCUT2D eigenvalue weighted by atomic mass is 19.4. The zero-order valence-electron chi connectivity index (χ0n) is 17.0. The minimum atomic E-state index is -4.69. The van der Waals surface area contributed by atoms with Crippen LogP contribution in [0.25, 0.3) is 11.0 Å². The lowest BCUT2D eigenvalue weighted by Crippen LogP contribution is -2.31. The third-order valence-electron chi connectivity index (χ3n) is 5.55. The summed E-state index contributed by atoms with van der Waals surface area (Å²) in [5, 5.41) is 5.75. The van der Waals surface area contributed by atoms with E-state index in [1.54, 1.807) is 0 Å². The summed E-state index contributed by atoms with van der Waals surface area (Å²) in [5.41, 5.74) is -2.03. The summed E-state index contributed by atoms with van der Waals surface area (Å²) < 4.78 is 89.2. The average molecular weight is 472 g/mol. The van der Waals surface area contributed by atoms with Crippen LogP contribution in [-0.2, 0) is 12.4 Å². The summed E-state index contributed by atoms with van der Waals surface area (Å²) in [7, 11) is 0. The van der Waals surface area contributed by atoms with Gasteiger partial charge in [-0.1, -0.05) is 0 Å². The van der Waals surface area contributed by atoms with Gasteiger partial charge in [-0.15, -0.1) is 4.91 Å². The number of benzene rings is 2. The maximum absolute atomic E-state index is 13.1. The molecule has 1 fully saturated rings. The number of halogens is 6. The first-order chi connectivity index (χ1) is 15.5. The molecule has 0 aliphatic heterocycles. The van der Waals surface area contributed by atoms with E-state index < -0.39 is 29.2 Å². The number of hydrogen-bond donors (Lipinski definition) is 1. The first-order valence-corrected chi connectivity index (χ1v) is 10.1. The van der Waals surface area contributed by atoms with Gasteiger partial charge in [0.2, 0.25) is 0 Å². The molecule has 2 aromatic carbocycles. The Bertz CT molecular complexity index is 1150. The van der Waals surface area contributed by atoms with Crippen LogP contribution in [0.15, 0.2) is 52.1 Å². The van der Waals surface area contributed by atoms with E-state index in [2.05, 4.69) is 10.5 Å². The molecule has 0 unspecified atom stereocenters. The van der Waals surface area contributed by atoms with Crippen LogP contribution in [-0.4, -0.2) is 12.1 Å². The summed E-state index contributed by atoms with van der Waals surface area (Å²) in [6.45, 7) is 0. The first kappa shape index (κ1) is 22.9. The molecule has 0 saturated heterocycles. The molecule has 1 heterocycles. The largest absolute Gasteiger partial charge is 0.462 e. The smallest absolute Gasteiger partial charge is 0.418 e. The highest BCUT2D eigenvalue weighted by Gasteiger charge is 2.35. The van der Waals surface area contributed by atoms with Gasteiger partial charge in [-0.25, -0.2) is 0 Å². The molecule has 33 heavy (non-hydrogen) atoms. The topological polar surface area (TPSA) is 63.8 Å². The Hall–Kier alpha value is -3.24. The van der Waals surface area contributed by atoms with Gasteiger partial charge in [-0.05, 0) is 67.3 Å². The maximum atomic E-state index is 13.1. The number of anilines is 1. The minimum Gasteiger partial charge on any atom is -0.462 e. The second-order valence-electron chi connectivity index (χ2n) is 7.87. The van der Waals surface area contributed by atoms with Crippen molar-refractivity contribution in [2.75, 3.05) is 5.32 Å². The molecule has 1 saturated carbocycles. The number of rotatable bonds is 5. The summed E-state index contributed by atoms with van der Waals surface area (Å²) in [6.07, 6.45) is -7.05. The number of fused-ring (bicyclic) bond motifs is 1. The standard InChI is InChI=1S/C22H18F6N2O3/c23-21(24,25)13-1-8-19-12(9-13)10-20(33-19)32-16-5-2-14(3-6-16)29-15-4-7-18(30-31)17(11-15)22(26,27)28/h1,4,7-11,14,16,29H,2-3,5-6H2. The molecule has 176 valence electrons. The van der Waals surface area contributed by atoms with E-state index in [0.717, 1.165) is 24.3 Å². The Morgan fingerprint density at radius 1 is 0.909 bits per heavy atom. The molecular weight excluding hydrogens is 454 g/mol. The van der Waals surface area contributed by atoms with Crippen LogP contribution >= 0.6 is 0 Å².